The highest BCUT2D eigenvalue weighted by atomic mass is 32.2. The predicted molar refractivity (Wildman–Crippen MR) is 101 cm³/mol. The molecule has 0 aromatic heterocycles. The number of sulfonamides is 1. The van der Waals surface area contributed by atoms with E-state index in [1.165, 1.54) is 12.1 Å². The molecular weight excluding hydrogens is 368 g/mol. The van der Waals surface area contributed by atoms with Crippen LogP contribution in [-0.2, 0) is 21.2 Å². The van der Waals surface area contributed by atoms with Gasteiger partial charge in [0.25, 0.3) is 5.91 Å². The minimum absolute atomic E-state index is 0.0501. The van der Waals surface area contributed by atoms with Crippen LogP contribution in [0.5, 0.6) is 0 Å². The van der Waals surface area contributed by atoms with Gasteiger partial charge in [0.1, 0.15) is 0 Å². The van der Waals surface area contributed by atoms with Crippen LogP contribution in [0.4, 0.5) is 0 Å². The summed E-state index contributed by atoms with van der Waals surface area (Å²) in [6, 6.07) is 13.2. The van der Waals surface area contributed by atoms with Crippen molar-refractivity contribution < 1.29 is 23.1 Å². The number of hydrogen-bond acceptors (Lipinski definition) is 4. The molecule has 4 N–H and O–H groups in total. The Morgan fingerprint density at radius 2 is 1.81 bits per heavy atom. The van der Waals surface area contributed by atoms with Crippen molar-refractivity contribution in [1.29, 1.82) is 0 Å². The van der Waals surface area contributed by atoms with E-state index in [4.69, 9.17) is 10.2 Å². The Kier molecular flexibility index (Phi) is 6.70. The van der Waals surface area contributed by atoms with Crippen molar-refractivity contribution in [1.82, 2.24) is 5.32 Å². The lowest BCUT2D eigenvalue weighted by Gasteiger charge is -2.19. The highest BCUT2D eigenvalue weighted by molar-refractivity contribution is 7.89. The number of nitrogens with two attached hydrogens (primary N) is 1. The molecule has 0 heterocycles. The summed E-state index contributed by atoms with van der Waals surface area (Å²) in [7, 11) is -4.07. The number of aryl methyl sites for hydroxylation is 1. The Hall–Kier alpha value is -2.71. The number of carbonyl (C=O) groups excluding carboxylic acids is 1. The largest absolute Gasteiger partial charge is 0.481 e. The minimum Gasteiger partial charge on any atom is -0.481 e. The third kappa shape index (κ3) is 6.19. The van der Waals surface area contributed by atoms with Crippen LogP contribution in [0.3, 0.4) is 0 Å². The van der Waals surface area contributed by atoms with Crippen molar-refractivity contribution in [3.63, 3.8) is 0 Å². The van der Waals surface area contributed by atoms with Crippen molar-refractivity contribution in [2.75, 3.05) is 0 Å². The number of carbonyl (C=O) groups is 2. The minimum atomic E-state index is -4.07. The summed E-state index contributed by atoms with van der Waals surface area (Å²) in [6.45, 7) is 1.73. The van der Waals surface area contributed by atoms with Gasteiger partial charge < -0.3 is 10.4 Å². The molecule has 0 radical (unpaired) electrons. The Bertz CT molecular complexity index is 926. The van der Waals surface area contributed by atoms with E-state index < -0.39 is 27.9 Å². The summed E-state index contributed by atoms with van der Waals surface area (Å²) in [6.07, 6.45) is 0.524. The molecule has 8 heteroatoms. The predicted octanol–water partition coefficient (Wildman–Crippen LogP) is 1.85. The van der Waals surface area contributed by atoms with E-state index >= 15 is 0 Å². The number of amides is 1. The molecule has 2 aromatic rings. The van der Waals surface area contributed by atoms with Crippen LogP contribution in [0.25, 0.3) is 0 Å². The number of aliphatic carboxylic acids is 1. The zero-order valence-corrected chi connectivity index (χ0v) is 15.7. The van der Waals surface area contributed by atoms with E-state index in [1.807, 2.05) is 30.3 Å². The molecule has 7 nitrogen and oxygen atoms in total. The van der Waals surface area contributed by atoms with Gasteiger partial charge in [0.2, 0.25) is 10.0 Å². The fraction of sp³-hybridized carbons (Fsp3) is 0.263. The van der Waals surface area contributed by atoms with Crippen molar-refractivity contribution in [3.05, 3.63) is 65.2 Å². The topological polar surface area (TPSA) is 127 Å². The molecule has 0 spiro atoms. The fourth-order valence-corrected chi connectivity index (χ4v) is 3.47. The van der Waals surface area contributed by atoms with Gasteiger partial charge in [-0.05, 0) is 37.5 Å². The van der Waals surface area contributed by atoms with Crippen LogP contribution in [0, 0.1) is 6.92 Å². The van der Waals surface area contributed by atoms with E-state index in [9.17, 15) is 18.0 Å². The van der Waals surface area contributed by atoms with E-state index in [2.05, 4.69) is 5.32 Å². The lowest BCUT2D eigenvalue weighted by Crippen LogP contribution is -2.37. The van der Waals surface area contributed by atoms with Crippen molar-refractivity contribution >= 4 is 21.9 Å². The van der Waals surface area contributed by atoms with Gasteiger partial charge in [-0.3, -0.25) is 9.59 Å². The summed E-state index contributed by atoms with van der Waals surface area (Å²) in [5, 5.41) is 16.9. The van der Waals surface area contributed by atoms with Crippen LogP contribution < -0.4 is 10.5 Å². The lowest BCUT2D eigenvalue weighted by molar-refractivity contribution is -0.137. The maximum atomic E-state index is 12.7. The van der Waals surface area contributed by atoms with Gasteiger partial charge in [0, 0.05) is 12.5 Å². The summed E-state index contributed by atoms with van der Waals surface area (Å²) >= 11 is 0. The smallest absolute Gasteiger partial charge is 0.303 e. The maximum Gasteiger partial charge on any atom is 0.303 e. The number of carboxylic acids is 1. The van der Waals surface area contributed by atoms with Crippen LogP contribution in [-0.4, -0.2) is 31.4 Å². The normalized spacial score (nSPS) is 12.4. The van der Waals surface area contributed by atoms with E-state index in [1.54, 1.807) is 13.0 Å². The summed E-state index contributed by atoms with van der Waals surface area (Å²) in [4.78, 5) is 23.4. The van der Waals surface area contributed by atoms with Gasteiger partial charge in [0.15, 0.2) is 0 Å². The van der Waals surface area contributed by atoms with Gasteiger partial charge >= 0.3 is 5.97 Å². The molecule has 0 aliphatic heterocycles. The lowest BCUT2D eigenvalue weighted by atomic mass is 10.0. The molecule has 1 unspecified atom stereocenters. The average Bonchev–Trinajstić information content (AvgIpc) is 2.59. The van der Waals surface area contributed by atoms with Crippen molar-refractivity contribution in [2.45, 2.75) is 37.1 Å². The fourth-order valence-electron chi connectivity index (χ4n) is 2.75. The highest BCUT2D eigenvalue weighted by Gasteiger charge is 2.22. The standard InChI is InChI=1S/C19H22N2O5S/c1-13-7-9-17(27(20,25)26)16(11-13)19(24)21-15(8-10-18(22)23)12-14-5-3-2-4-6-14/h2-7,9,11,15H,8,10,12H2,1H3,(H,21,24)(H,22,23)(H2,20,25,26). The number of rotatable bonds is 8. The Morgan fingerprint density at radius 3 is 2.41 bits per heavy atom. The van der Waals surface area contributed by atoms with Crippen molar-refractivity contribution in [2.24, 2.45) is 5.14 Å². The third-order valence-corrected chi connectivity index (χ3v) is 5.02. The molecule has 0 bridgehead atoms. The molecule has 144 valence electrons. The molecule has 2 rings (SSSR count). The van der Waals surface area contributed by atoms with Gasteiger partial charge in [0.05, 0.1) is 10.5 Å². The molecule has 1 amide bonds. The molecular formula is C19H22N2O5S. The second kappa shape index (κ2) is 8.79. The number of hydrogen-bond donors (Lipinski definition) is 3. The molecule has 0 saturated heterocycles. The summed E-state index contributed by atoms with van der Waals surface area (Å²) in [5.41, 5.74) is 1.59. The molecule has 0 saturated carbocycles. The van der Waals surface area contributed by atoms with Crippen molar-refractivity contribution in [3.8, 4) is 0 Å². The second-order valence-corrected chi connectivity index (χ2v) is 7.87. The van der Waals surface area contributed by atoms with Crippen LogP contribution in [0.15, 0.2) is 53.4 Å². The first-order valence-corrected chi connectivity index (χ1v) is 9.91. The molecule has 2 aromatic carbocycles. The number of benzene rings is 2. The SMILES string of the molecule is Cc1ccc(S(N)(=O)=O)c(C(=O)NC(CCC(=O)O)Cc2ccccc2)c1. The Balaban J connectivity index is 2.27. The van der Waals surface area contributed by atoms with Gasteiger partial charge in [-0.25, -0.2) is 13.6 Å². The zero-order valence-electron chi connectivity index (χ0n) is 14.9. The first kappa shape index (κ1) is 20.6. The first-order valence-electron chi connectivity index (χ1n) is 8.37. The van der Waals surface area contributed by atoms with Crippen LogP contribution >= 0.6 is 0 Å². The molecule has 0 aliphatic rings. The Labute approximate surface area is 158 Å². The molecule has 0 aliphatic carbocycles. The summed E-state index contributed by atoms with van der Waals surface area (Å²) < 4.78 is 23.6. The second-order valence-electron chi connectivity index (χ2n) is 6.34. The van der Waals surface area contributed by atoms with E-state index in [0.717, 1.165) is 5.56 Å². The van der Waals surface area contributed by atoms with Crippen LogP contribution in [0.1, 0.15) is 34.3 Å². The van der Waals surface area contributed by atoms with Gasteiger partial charge in [-0.1, -0.05) is 42.0 Å². The molecule has 0 fully saturated rings. The first-order chi connectivity index (χ1) is 12.7. The van der Waals surface area contributed by atoms with Gasteiger partial charge in [-0.2, -0.15) is 0 Å². The number of nitrogens with one attached hydrogen (secondary N) is 1. The average molecular weight is 390 g/mol. The monoisotopic (exact) mass is 390 g/mol. The third-order valence-electron chi connectivity index (χ3n) is 4.05. The number of carboxylic acid groups (broad SMARTS) is 1. The zero-order chi connectivity index (χ0) is 20.0. The van der Waals surface area contributed by atoms with E-state index in [-0.39, 0.29) is 23.3 Å². The van der Waals surface area contributed by atoms with Gasteiger partial charge in [-0.15, -0.1) is 0 Å². The highest BCUT2D eigenvalue weighted by Crippen LogP contribution is 2.17. The Morgan fingerprint density at radius 1 is 1.15 bits per heavy atom. The quantitative estimate of drug-likeness (QED) is 0.634. The molecule has 27 heavy (non-hydrogen) atoms. The van der Waals surface area contributed by atoms with Crippen LogP contribution in [0.2, 0.25) is 0 Å². The molecule has 1 atom stereocenters. The number of primary sulfonamides is 1. The maximum absolute atomic E-state index is 12.7. The van der Waals surface area contributed by atoms with E-state index in [0.29, 0.717) is 12.0 Å². The summed E-state index contributed by atoms with van der Waals surface area (Å²) in [5.74, 6) is -1.57.